The number of anilines is 1. The molecule has 0 aromatic heterocycles. The van der Waals surface area contributed by atoms with Crippen LogP contribution in [0.4, 0.5) is 5.69 Å². The Bertz CT molecular complexity index is 360. The monoisotopic (exact) mass is 218 g/mol. The maximum atomic E-state index is 5.82. The first-order valence-corrected chi connectivity index (χ1v) is 6.25. The zero-order valence-corrected chi connectivity index (χ0v) is 10.4. The Morgan fingerprint density at radius 3 is 2.94 bits per heavy atom. The lowest BCUT2D eigenvalue weighted by Gasteiger charge is -2.34. The van der Waals surface area contributed by atoms with Crippen LogP contribution in [0.3, 0.4) is 0 Å². The molecule has 1 atom stereocenters. The molecule has 0 radical (unpaired) electrons. The first kappa shape index (κ1) is 11.5. The van der Waals surface area contributed by atoms with E-state index in [0.717, 1.165) is 5.92 Å². The molecule has 1 saturated heterocycles. The topological polar surface area (TPSA) is 29.3 Å². The molecule has 0 saturated carbocycles. The smallest absolute Gasteiger partial charge is 0.0414 e. The van der Waals surface area contributed by atoms with Crippen molar-refractivity contribution in [1.82, 2.24) is 0 Å². The second-order valence-electron chi connectivity index (χ2n) is 5.03. The third-order valence-electron chi connectivity index (χ3n) is 3.46. The summed E-state index contributed by atoms with van der Waals surface area (Å²) in [5.41, 5.74) is 9.77. The van der Waals surface area contributed by atoms with Crippen molar-refractivity contribution >= 4 is 5.69 Å². The van der Waals surface area contributed by atoms with Gasteiger partial charge in [-0.05, 0) is 42.9 Å². The summed E-state index contributed by atoms with van der Waals surface area (Å²) in [6.45, 7) is 7.49. The van der Waals surface area contributed by atoms with Crippen molar-refractivity contribution in [3.05, 3.63) is 29.3 Å². The van der Waals surface area contributed by atoms with Crippen LogP contribution >= 0.6 is 0 Å². The van der Waals surface area contributed by atoms with Crippen molar-refractivity contribution in [2.45, 2.75) is 33.2 Å². The molecular weight excluding hydrogens is 196 g/mol. The van der Waals surface area contributed by atoms with E-state index in [-0.39, 0.29) is 0 Å². The van der Waals surface area contributed by atoms with Crippen LogP contribution in [0.1, 0.15) is 30.9 Å². The molecule has 1 fully saturated rings. The van der Waals surface area contributed by atoms with Gasteiger partial charge in [-0.3, -0.25) is 0 Å². The van der Waals surface area contributed by atoms with Gasteiger partial charge in [-0.2, -0.15) is 0 Å². The standard InChI is InChI=1S/C14H22N2/c1-11-5-6-13(9-15)14(8-11)16-7-3-4-12(2)10-16/h5-6,8,12H,3-4,7,9-10,15H2,1-2H3. The third-order valence-corrected chi connectivity index (χ3v) is 3.46. The molecule has 16 heavy (non-hydrogen) atoms. The summed E-state index contributed by atoms with van der Waals surface area (Å²) in [5.74, 6) is 0.805. The van der Waals surface area contributed by atoms with E-state index in [1.807, 2.05) is 0 Å². The summed E-state index contributed by atoms with van der Waals surface area (Å²) in [7, 11) is 0. The van der Waals surface area contributed by atoms with E-state index in [9.17, 15) is 0 Å². The normalized spacial score (nSPS) is 21.2. The minimum absolute atomic E-state index is 0.639. The minimum Gasteiger partial charge on any atom is -0.371 e. The van der Waals surface area contributed by atoms with E-state index in [2.05, 4.69) is 36.9 Å². The number of benzene rings is 1. The summed E-state index contributed by atoms with van der Waals surface area (Å²) in [5, 5.41) is 0. The highest BCUT2D eigenvalue weighted by Gasteiger charge is 2.18. The zero-order chi connectivity index (χ0) is 11.5. The van der Waals surface area contributed by atoms with Gasteiger partial charge in [0.25, 0.3) is 0 Å². The number of nitrogens with zero attached hydrogens (tertiary/aromatic N) is 1. The first-order chi connectivity index (χ1) is 7.70. The van der Waals surface area contributed by atoms with Crippen LogP contribution in [0.5, 0.6) is 0 Å². The zero-order valence-electron chi connectivity index (χ0n) is 10.4. The molecule has 1 heterocycles. The number of nitrogens with two attached hydrogens (primary N) is 1. The van der Waals surface area contributed by atoms with Crippen molar-refractivity contribution < 1.29 is 0 Å². The van der Waals surface area contributed by atoms with Gasteiger partial charge in [-0.15, -0.1) is 0 Å². The average Bonchev–Trinajstić information content (AvgIpc) is 2.29. The molecular formula is C14H22N2. The second kappa shape index (κ2) is 4.88. The number of rotatable bonds is 2. The van der Waals surface area contributed by atoms with Crippen molar-refractivity contribution in [1.29, 1.82) is 0 Å². The Morgan fingerprint density at radius 1 is 1.44 bits per heavy atom. The van der Waals surface area contributed by atoms with Gasteiger partial charge in [0, 0.05) is 25.3 Å². The summed E-state index contributed by atoms with van der Waals surface area (Å²) >= 11 is 0. The van der Waals surface area contributed by atoms with E-state index in [1.165, 1.54) is 42.7 Å². The first-order valence-electron chi connectivity index (χ1n) is 6.25. The molecule has 2 N–H and O–H groups in total. The summed E-state index contributed by atoms with van der Waals surface area (Å²) in [4.78, 5) is 2.50. The van der Waals surface area contributed by atoms with E-state index < -0.39 is 0 Å². The van der Waals surface area contributed by atoms with Crippen LogP contribution in [0.25, 0.3) is 0 Å². The fraction of sp³-hybridized carbons (Fsp3) is 0.571. The van der Waals surface area contributed by atoms with Gasteiger partial charge in [-0.1, -0.05) is 19.1 Å². The van der Waals surface area contributed by atoms with Crippen LogP contribution in [0.15, 0.2) is 18.2 Å². The molecule has 2 heteroatoms. The lowest BCUT2D eigenvalue weighted by atomic mass is 9.98. The van der Waals surface area contributed by atoms with Gasteiger partial charge in [0.1, 0.15) is 0 Å². The molecule has 1 unspecified atom stereocenters. The molecule has 0 bridgehead atoms. The Morgan fingerprint density at radius 2 is 2.25 bits per heavy atom. The van der Waals surface area contributed by atoms with Crippen LogP contribution < -0.4 is 10.6 Å². The van der Waals surface area contributed by atoms with Crippen LogP contribution in [0.2, 0.25) is 0 Å². The predicted octanol–water partition coefficient (Wildman–Crippen LogP) is 2.69. The Balaban J connectivity index is 2.26. The average molecular weight is 218 g/mol. The fourth-order valence-corrected chi connectivity index (χ4v) is 2.55. The van der Waals surface area contributed by atoms with Crippen LogP contribution in [-0.2, 0) is 6.54 Å². The Kier molecular flexibility index (Phi) is 3.49. The molecule has 1 aromatic rings. The van der Waals surface area contributed by atoms with Crippen molar-refractivity contribution in [3.63, 3.8) is 0 Å². The van der Waals surface area contributed by atoms with Crippen LogP contribution in [0, 0.1) is 12.8 Å². The van der Waals surface area contributed by atoms with Gasteiger partial charge in [0.05, 0.1) is 0 Å². The number of aryl methyl sites for hydroxylation is 1. The van der Waals surface area contributed by atoms with Gasteiger partial charge < -0.3 is 10.6 Å². The molecule has 0 aliphatic carbocycles. The molecule has 2 nitrogen and oxygen atoms in total. The van der Waals surface area contributed by atoms with Crippen LogP contribution in [-0.4, -0.2) is 13.1 Å². The van der Waals surface area contributed by atoms with Gasteiger partial charge >= 0.3 is 0 Å². The maximum absolute atomic E-state index is 5.82. The van der Waals surface area contributed by atoms with Gasteiger partial charge in [0.15, 0.2) is 0 Å². The maximum Gasteiger partial charge on any atom is 0.0414 e. The summed E-state index contributed by atoms with van der Waals surface area (Å²) in [6.07, 6.45) is 2.67. The quantitative estimate of drug-likeness (QED) is 0.827. The highest BCUT2D eigenvalue weighted by atomic mass is 15.1. The number of hydrogen-bond acceptors (Lipinski definition) is 2. The predicted molar refractivity (Wildman–Crippen MR) is 69.7 cm³/mol. The lowest BCUT2D eigenvalue weighted by molar-refractivity contribution is 0.446. The summed E-state index contributed by atoms with van der Waals surface area (Å²) in [6, 6.07) is 6.60. The summed E-state index contributed by atoms with van der Waals surface area (Å²) < 4.78 is 0. The third kappa shape index (κ3) is 2.38. The Labute approximate surface area is 98.4 Å². The van der Waals surface area contributed by atoms with E-state index >= 15 is 0 Å². The Hall–Kier alpha value is -1.02. The minimum atomic E-state index is 0.639. The highest BCUT2D eigenvalue weighted by molar-refractivity contribution is 5.55. The van der Waals surface area contributed by atoms with E-state index in [1.54, 1.807) is 0 Å². The van der Waals surface area contributed by atoms with Crippen molar-refractivity contribution in [3.8, 4) is 0 Å². The van der Waals surface area contributed by atoms with Crippen molar-refractivity contribution in [2.24, 2.45) is 11.7 Å². The fourth-order valence-electron chi connectivity index (χ4n) is 2.55. The molecule has 0 amide bonds. The largest absolute Gasteiger partial charge is 0.371 e. The highest BCUT2D eigenvalue weighted by Crippen LogP contribution is 2.27. The second-order valence-corrected chi connectivity index (χ2v) is 5.03. The molecule has 1 aliphatic heterocycles. The van der Waals surface area contributed by atoms with Crippen molar-refractivity contribution in [2.75, 3.05) is 18.0 Å². The molecule has 1 aliphatic rings. The van der Waals surface area contributed by atoms with Gasteiger partial charge in [0.2, 0.25) is 0 Å². The SMILES string of the molecule is Cc1ccc(CN)c(N2CCCC(C)C2)c1. The van der Waals surface area contributed by atoms with Gasteiger partial charge in [-0.25, -0.2) is 0 Å². The molecule has 2 rings (SSSR count). The molecule has 0 spiro atoms. The van der Waals surface area contributed by atoms with E-state index in [0.29, 0.717) is 6.54 Å². The lowest BCUT2D eigenvalue weighted by Crippen LogP contribution is -2.35. The number of piperidine rings is 1. The molecule has 1 aromatic carbocycles. The number of hydrogen-bond donors (Lipinski definition) is 1. The molecule has 88 valence electrons. The van der Waals surface area contributed by atoms with E-state index in [4.69, 9.17) is 5.73 Å².